The van der Waals surface area contributed by atoms with Crippen LogP contribution in [0.4, 0.5) is 17.6 Å². The van der Waals surface area contributed by atoms with Crippen LogP contribution >= 0.6 is 0 Å². The molecule has 0 atom stereocenters. The lowest BCUT2D eigenvalue weighted by atomic mass is 9.93. The molecule has 0 radical (unpaired) electrons. The van der Waals surface area contributed by atoms with E-state index in [4.69, 9.17) is 20.4 Å². The first-order chi connectivity index (χ1) is 18.9. The molecule has 0 aliphatic rings. The molecule has 7 nitrogen and oxygen atoms in total. The number of terminal acetylenes is 1. The van der Waals surface area contributed by atoms with Gasteiger partial charge in [0.15, 0.2) is 11.6 Å². The molecule has 4 aromatic rings. The topological polar surface area (TPSA) is 79.4 Å². The van der Waals surface area contributed by atoms with Gasteiger partial charge in [0.05, 0.1) is 28.7 Å². The summed E-state index contributed by atoms with van der Waals surface area (Å²) in [4.78, 5) is 17.9. The van der Waals surface area contributed by atoms with E-state index in [-0.39, 0.29) is 48.2 Å². The summed E-state index contributed by atoms with van der Waals surface area (Å²) in [6.07, 6.45) is 5.45. The van der Waals surface area contributed by atoms with Crippen LogP contribution in [-0.4, -0.2) is 35.0 Å². The van der Waals surface area contributed by atoms with E-state index in [1.165, 1.54) is 37.6 Å². The summed E-state index contributed by atoms with van der Waals surface area (Å²) in [7, 11) is 1.47. The number of rotatable bonds is 9. The number of pyridine rings is 1. The number of aromatic nitrogens is 3. The van der Waals surface area contributed by atoms with E-state index in [0.717, 1.165) is 18.2 Å². The van der Waals surface area contributed by atoms with Gasteiger partial charge in [-0.2, -0.15) is 18.2 Å². The van der Waals surface area contributed by atoms with Gasteiger partial charge in [-0.25, -0.2) is 4.39 Å². The van der Waals surface area contributed by atoms with E-state index in [1.807, 2.05) is 0 Å². The normalized spacial score (nSPS) is 12.2. The van der Waals surface area contributed by atoms with Crippen molar-refractivity contribution in [3.05, 3.63) is 87.8 Å². The largest absolute Gasteiger partial charge is 0.488 e. The van der Waals surface area contributed by atoms with Crippen molar-refractivity contribution in [2.24, 2.45) is 0 Å². The van der Waals surface area contributed by atoms with E-state index in [2.05, 4.69) is 16.1 Å². The molecule has 40 heavy (non-hydrogen) atoms. The average Bonchev–Trinajstić information content (AvgIpc) is 3.41. The lowest BCUT2D eigenvalue weighted by Gasteiger charge is -2.16. The molecule has 0 saturated heterocycles. The maximum Gasteiger partial charge on any atom is 0.416 e. The van der Waals surface area contributed by atoms with Crippen LogP contribution in [-0.2, 0) is 22.9 Å². The highest BCUT2D eigenvalue weighted by molar-refractivity contribution is 5.84. The monoisotopic (exact) mass is 555 g/mol. The number of ether oxygens (including phenoxy) is 2. The van der Waals surface area contributed by atoms with Crippen molar-refractivity contribution in [2.45, 2.75) is 32.0 Å². The molecular formula is C29H25F4N3O4. The molecule has 0 aliphatic heterocycles. The molecule has 0 unspecified atom stereocenters. The highest BCUT2D eigenvalue weighted by atomic mass is 19.4. The summed E-state index contributed by atoms with van der Waals surface area (Å²) in [5, 5.41) is 3.96. The van der Waals surface area contributed by atoms with Gasteiger partial charge in [-0.3, -0.25) is 4.79 Å². The van der Waals surface area contributed by atoms with Crippen LogP contribution in [0.5, 0.6) is 5.75 Å². The fraction of sp³-hybridized carbons (Fsp3) is 0.276. The minimum absolute atomic E-state index is 0.00107. The Balaban J connectivity index is 1.85. The number of nitrogens with zero attached hydrogens (tertiary/aromatic N) is 3. The molecule has 0 amide bonds. The van der Waals surface area contributed by atoms with Gasteiger partial charge in [0.1, 0.15) is 6.61 Å². The van der Waals surface area contributed by atoms with Gasteiger partial charge in [0, 0.05) is 31.3 Å². The number of hydrogen-bond donors (Lipinski definition) is 0. The minimum Gasteiger partial charge on any atom is -0.488 e. The number of allylic oxidation sites excluding steroid dienone is 2. The van der Waals surface area contributed by atoms with Crippen molar-refractivity contribution >= 4 is 10.9 Å². The summed E-state index contributed by atoms with van der Waals surface area (Å²) in [6.45, 7) is 3.91. The third-order valence-electron chi connectivity index (χ3n) is 6.13. The molecule has 2 aromatic carbocycles. The smallest absolute Gasteiger partial charge is 0.416 e. The Morgan fingerprint density at radius 1 is 1.15 bits per heavy atom. The molecular weight excluding hydrogens is 530 g/mol. The quantitative estimate of drug-likeness (QED) is 0.149. The van der Waals surface area contributed by atoms with E-state index in [1.54, 1.807) is 24.5 Å². The van der Waals surface area contributed by atoms with Crippen molar-refractivity contribution in [1.82, 2.24) is 14.7 Å². The molecule has 0 saturated carbocycles. The van der Waals surface area contributed by atoms with E-state index < -0.39 is 28.4 Å². The maximum absolute atomic E-state index is 15.0. The number of halogens is 4. The number of methoxy groups -OCH3 is 1. The fourth-order valence-corrected chi connectivity index (χ4v) is 3.95. The summed E-state index contributed by atoms with van der Waals surface area (Å²) in [5.74, 6) is 1.67. The predicted octanol–water partition coefficient (Wildman–Crippen LogP) is 5.75. The minimum atomic E-state index is -4.48. The van der Waals surface area contributed by atoms with Crippen molar-refractivity contribution in [3.63, 3.8) is 0 Å². The number of hydrogen-bond acceptors (Lipinski definition) is 6. The molecule has 2 heterocycles. The Labute approximate surface area is 227 Å². The number of fused-ring (bicyclic) bond motifs is 1. The molecule has 4 rings (SSSR count). The van der Waals surface area contributed by atoms with Crippen molar-refractivity contribution in [3.8, 4) is 29.5 Å². The standard InChI is InChI=1S/C29H25F4N3O4/c1-5-6-11-28(2,3)27-34-26(35-40-27)21-17-36(16-18-7-9-19(10-8-18)29(31,32)33)23-15-24(39-13-12-38-4)22(30)14-20(23)25(21)37/h1,6-11,14-15,17H,12-13,16H2,2-4H3/b11-6+. The predicted molar refractivity (Wildman–Crippen MR) is 140 cm³/mol. The lowest BCUT2D eigenvalue weighted by molar-refractivity contribution is -0.137. The van der Waals surface area contributed by atoms with Crippen LogP contribution in [0.3, 0.4) is 0 Å². The summed E-state index contributed by atoms with van der Waals surface area (Å²) < 4.78 is 71.6. The zero-order valence-electron chi connectivity index (χ0n) is 21.9. The van der Waals surface area contributed by atoms with Crippen LogP contribution in [0.1, 0.15) is 30.9 Å². The first kappa shape index (κ1) is 28.6. The Morgan fingerprint density at radius 3 is 2.52 bits per heavy atom. The molecule has 208 valence electrons. The summed E-state index contributed by atoms with van der Waals surface area (Å²) in [6, 6.07) is 7.02. The second kappa shape index (κ2) is 11.4. The second-order valence-electron chi connectivity index (χ2n) is 9.48. The summed E-state index contributed by atoms with van der Waals surface area (Å²) in [5.41, 5.74) is -1.29. The third kappa shape index (κ3) is 6.07. The first-order valence-electron chi connectivity index (χ1n) is 12.1. The van der Waals surface area contributed by atoms with Gasteiger partial charge >= 0.3 is 6.18 Å². The fourth-order valence-electron chi connectivity index (χ4n) is 3.95. The van der Waals surface area contributed by atoms with Gasteiger partial charge in [0.25, 0.3) is 0 Å². The molecule has 0 fully saturated rings. The Bertz CT molecular complexity index is 1650. The second-order valence-corrected chi connectivity index (χ2v) is 9.48. The van der Waals surface area contributed by atoms with E-state index >= 15 is 0 Å². The van der Waals surface area contributed by atoms with Crippen LogP contribution in [0, 0.1) is 18.2 Å². The van der Waals surface area contributed by atoms with Crippen LogP contribution in [0.2, 0.25) is 0 Å². The van der Waals surface area contributed by atoms with Gasteiger partial charge in [-0.05, 0) is 43.7 Å². The van der Waals surface area contributed by atoms with Crippen molar-refractivity contribution in [2.75, 3.05) is 20.3 Å². The molecule has 11 heteroatoms. The van der Waals surface area contributed by atoms with Gasteiger partial charge in [-0.15, -0.1) is 6.42 Å². The first-order valence-corrected chi connectivity index (χ1v) is 12.1. The molecule has 0 spiro atoms. The molecule has 0 bridgehead atoms. The van der Waals surface area contributed by atoms with Gasteiger partial charge < -0.3 is 18.6 Å². The maximum atomic E-state index is 15.0. The number of alkyl halides is 3. The zero-order chi connectivity index (χ0) is 29.1. The van der Waals surface area contributed by atoms with Gasteiger partial charge in [0.2, 0.25) is 17.1 Å². The SMILES string of the molecule is C#C/C=C/C(C)(C)c1nc(-c2cn(Cc3ccc(C(F)(F)F)cc3)c3cc(OCCOC)c(F)cc3c2=O)no1. The van der Waals surface area contributed by atoms with E-state index in [0.29, 0.717) is 11.1 Å². The zero-order valence-corrected chi connectivity index (χ0v) is 21.9. The Kier molecular flexibility index (Phi) is 8.11. The molecule has 0 aliphatic carbocycles. The van der Waals surface area contributed by atoms with Crippen molar-refractivity contribution < 1.29 is 31.6 Å². The van der Waals surface area contributed by atoms with E-state index in [9.17, 15) is 22.4 Å². The molecule has 2 aromatic heterocycles. The average molecular weight is 556 g/mol. The van der Waals surface area contributed by atoms with Gasteiger partial charge in [-0.1, -0.05) is 29.3 Å². The lowest BCUT2D eigenvalue weighted by Crippen LogP contribution is -2.16. The van der Waals surface area contributed by atoms with Crippen LogP contribution in [0.25, 0.3) is 22.3 Å². The highest BCUT2D eigenvalue weighted by Gasteiger charge is 2.30. The van der Waals surface area contributed by atoms with Crippen LogP contribution in [0.15, 0.2) is 64.1 Å². The summed E-state index contributed by atoms with van der Waals surface area (Å²) >= 11 is 0. The highest BCUT2D eigenvalue weighted by Crippen LogP contribution is 2.31. The Hall–Kier alpha value is -4.43. The van der Waals surface area contributed by atoms with Crippen LogP contribution < -0.4 is 10.2 Å². The third-order valence-corrected chi connectivity index (χ3v) is 6.13. The Morgan fingerprint density at radius 2 is 1.88 bits per heavy atom. The number of benzene rings is 2. The molecule has 0 N–H and O–H groups in total. The van der Waals surface area contributed by atoms with Crippen molar-refractivity contribution in [1.29, 1.82) is 0 Å².